The zero-order chi connectivity index (χ0) is 25.5. The molecule has 10 unspecified atom stereocenters. The summed E-state index contributed by atoms with van der Waals surface area (Å²) in [7, 11) is 0. The summed E-state index contributed by atoms with van der Waals surface area (Å²) in [5.41, 5.74) is -2.29. The fourth-order valence-electron chi connectivity index (χ4n) is 11.5. The number of ether oxygens (including phenoxy) is 2. The van der Waals surface area contributed by atoms with Crippen molar-refractivity contribution >= 4 is 0 Å². The maximum atomic E-state index is 12.5. The molecule has 0 amide bonds. The van der Waals surface area contributed by atoms with Gasteiger partial charge in [0.1, 0.15) is 0 Å². The largest absolute Gasteiger partial charge is 0.388 e. The number of hydrogen-bond donors (Lipinski definition) is 3. The van der Waals surface area contributed by atoms with Gasteiger partial charge in [-0.3, -0.25) is 0 Å². The van der Waals surface area contributed by atoms with Crippen LogP contribution in [0.2, 0.25) is 0 Å². The van der Waals surface area contributed by atoms with Crippen molar-refractivity contribution in [1.29, 1.82) is 0 Å². The highest BCUT2D eigenvalue weighted by atomic mass is 16.6. The van der Waals surface area contributed by atoms with Gasteiger partial charge in [-0.15, -0.1) is 0 Å². The van der Waals surface area contributed by atoms with Crippen molar-refractivity contribution in [3.8, 4) is 0 Å². The van der Waals surface area contributed by atoms with E-state index in [0.29, 0.717) is 18.4 Å². The molecule has 5 nitrogen and oxygen atoms in total. The summed E-state index contributed by atoms with van der Waals surface area (Å²) >= 11 is 0. The Hall–Kier alpha value is -0.200. The lowest BCUT2D eigenvalue weighted by Crippen LogP contribution is -2.73. The molecule has 5 heteroatoms. The molecular weight excluding hydrogens is 440 g/mol. The predicted octanol–water partition coefficient (Wildman–Crippen LogP) is 5.19. The average molecular weight is 491 g/mol. The van der Waals surface area contributed by atoms with Crippen molar-refractivity contribution in [1.82, 2.24) is 0 Å². The second kappa shape index (κ2) is 6.86. The van der Waals surface area contributed by atoms with Gasteiger partial charge in [-0.25, -0.2) is 0 Å². The van der Waals surface area contributed by atoms with Gasteiger partial charge in [0.05, 0.1) is 29.5 Å². The van der Waals surface area contributed by atoms with Crippen LogP contribution >= 0.6 is 0 Å². The van der Waals surface area contributed by atoms with E-state index in [1.165, 1.54) is 0 Å². The highest BCUT2D eigenvalue weighted by Crippen LogP contribution is 2.78. The molecule has 10 atom stereocenters. The van der Waals surface area contributed by atoms with Crippen molar-refractivity contribution in [2.75, 3.05) is 6.61 Å². The minimum Gasteiger partial charge on any atom is -0.388 e. The van der Waals surface area contributed by atoms with Gasteiger partial charge in [-0.1, -0.05) is 27.7 Å². The van der Waals surface area contributed by atoms with Crippen molar-refractivity contribution in [2.45, 2.75) is 141 Å². The van der Waals surface area contributed by atoms with E-state index < -0.39 is 22.6 Å². The monoisotopic (exact) mass is 490 g/mol. The topological polar surface area (TPSA) is 79.2 Å². The Kier molecular flexibility index (Phi) is 4.92. The maximum Gasteiger partial charge on any atom is 0.170 e. The molecule has 0 aromatic heterocycles. The van der Waals surface area contributed by atoms with Crippen LogP contribution in [-0.4, -0.2) is 50.6 Å². The van der Waals surface area contributed by atoms with Crippen LogP contribution in [0.1, 0.15) is 113 Å². The zero-order valence-electron chi connectivity index (χ0n) is 23.2. The normalized spacial score (nSPS) is 59.1. The van der Waals surface area contributed by atoms with Gasteiger partial charge in [0.25, 0.3) is 0 Å². The molecule has 4 saturated carbocycles. The van der Waals surface area contributed by atoms with E-state index in [-0.39, 0.29) is 33.7 Å². The van der Waals surface area contributed by atoms with E-state index in [9.17, 15) is 15.3 Å². The van der Waals surface area contributed by atoms with Crippen LogP contribution in [0.25, 0.3) is 0 Å². The Morgan fingerprint density at radius 2 is 1.37 bits per heavy atom. The zero-order valence-corrected chi connectivity index (χ0v) is 23.2. The maximum absolute atomic E-state index is 12.5. The fourth-order valence-corrected chi connectivity index (χ4v) is 11.5. The summed E-state index contributed by atoms with van der Waals surface area (Å²) < 4.78 is 12.9. The first-order valence-corrected chi connectivity index (χ1v) is 14.5. The molecule has 3 saturated heterocycles. The molecule has 0 aromatic rings. The molecule has 0 aromatic carbocycles. The van der Waals surface area contributed by atoms with Crippen LogP contribution in [0, 0.1) is 39.4 Å². The van der Waals surface area contributed by atoms with E-state index in [4.69, 9.17) is 9.47 Å². The van der Waals surface area contributed by atoms with Crippen LogP contribution in [-0.2, 0) is 9.47 Å². The van der Waals surface area contributed by atoms with E-state index in [1.54, 1.807) is 0 Å². The van der Waals surface area contributed by atoms with Crippen molar-refractivity contribution in [3.63, 3.8) is 0 Å². The number of fused-ring (bicyclic) bond motifs is 5. The molecule has 2 bridgehead atoms. The van der Waals surface area contributed by atoms with E-state index in [1.807, 2.05) is 13.8 Å². The average Bonchev–Trinajstić information content (AvgIpc) is 3.31. The molecule has 200 valence electrons. The molecule has 7 aliphatic rings. The summed E-state index contributed by atoms with van der Waals surface area (Å²) in [4.78, 5) is 0. The summed E-state index contributed by atoms with van der Waals surface area (Å²) in [6, 6.07) is 0. The second-order valence-corrected chi connectivity index (χ2v) is 15.6. The molecule has 0 radical (unpaired) electrons. The van der Waals surface area contributed by atoms with Gasteiger partial charge in [0, 0.05) is 17.3 Å². The predicted molar refractivity (Wildman–Crippen MR) is 134 cm³/mol. The van der Waals surface area contributed by atoms with Crippen LogP contribution in [0.15, 0.2) is 0 Å². The first-order valence-electron chi connectivity index (χ1n) is 14.5. The smallest absolute Gasteiger partial charge is 0.170 e. The first-order chi connectivity index (χ1) is 16.0. The third-order valence-corrected chi connectivity index (χ3v) is 13.9. The summed E-state index contributed by atoms with van der Waals surface area (Å²) in [6.45, 7) is 16.0. The minimum atomic E-state index is -0.979. The molecular formula is C30H50O5. The Morgan fingerprint density at radius 1 is 0.714 bits per heavy atom. The Balaban J connectivity index is 1.35. The Morgan fingerprint density at radius 3 is 1.97 bits per heavy atom. The second-order valence-electron chi connectivity index (χ2n) is 15.6. The highest BCUT2D eigenvalue weighted by Gasteiger charge is 2.77. The van der Waals surface area contributed by atoms with Gasteiger partial charge in [0.2, 0.25) is 0 Å². The molecule has 4 aliphatic carbocycles. The van der Waals surface area contributed by atoms with E-state index >= 15 is 0 Å². The minimum absolute atomic E-state index is 0.0406. The van der Waals surface area contributed by atoms with Crippen LogP contribution in [0.5, 0.6) is 0 Å². The summed E-state index contributed by atoms with van der Waals surface area (Å²) in [6.07, 6.45) is 9.45. The first kappa shape index (κ1) is 25.1. The third kappa shape index (κ3) is 2.73. The van der Waals surface area contributed by atoms with Crippen LogP contribution in [0.3, 0.4) is 0 Å². The number of hydrogen-bond acceptors (Lipinski definition) is 5. The summed E-state index contributed by atoms with van der Waals surface area (Å²) in [5.74, 6) is 0.271. The lowest BCUT2D eigenvalue weighted by Gasteiger charge is -2.74. The van der Waals surface area contributed by atoms with Gasteiger partial charge in [-0.05, 0) is 107 Å². The Bertz CT molecular complexity index is 899. The van der Waals surface area contributed by atoms with Gasteiger partial charge in [0.15, 0.2) is 5.79 Å². The standard InChI is InChI=1S/C30H50O5/c1-23(2)19-10-12-25(5)20(28(19)15-17-30(23,33)34-18-28)8-9-21-26(25,6)14-16-29(21,32)27(7)13-11-22(35-27)24(3,4)31/h19-22,31-33H,8-18H2,1-7H3. The molecule has 3 aliphatic heterocycles. The van der Waals surface area contributed by atoms with Crippen LogP contribution < -0.4 is 0 Å². The molecule has 3 heterocycles. The number of aliphatic hydroxyl groups is 3. The molecule has 7 rings (SSSR count). The third-order valence-electron chi connectivity index (χ3n) is 13.9. The lowest BCUT2D eigenvalue weighted by atomic mass is 9.34. The molecule has 1 spiro atoms. The van der Waals surface area contributed by atoms with Crippen LogP contribution in [0.4, 0.5) is 0 Å². The molecule has 3 N–H and O–H groups in total. The molecule has 35 heavy (non-hydrogen) atoms. The summed E-state index contributed by atoms with van der Waals surface area (Å²) in [5, 5.41) is 34.5. The van der Waals surface area contributed by atoms with Gasteiger partial charge >= 0.3 is 0 Å². The molecule has 7 fully saturated rings. The van der Waals surface area contributed by atoms with Crippen molar-refractivity contribution in [2.24, 2.45) is 39.4 Å². The van der Waals surface area contributed by atoms with Crippen molar-refractivity contribution in [3.05, 3.63) is 0 Å². The van der Waals surface area contributed by atoms with Crippen molar-refractivity contribution < 1.29 is 24.8 Å². The number of rotatable bonds is 2. The SMILES string of the molecule is CC(C)(O)C1CCC(C)(C2(O)CCC3(C)C2CCC2C45CCC(O)(OC4)C(C)(C)C5CCC23C)O1. The van der Waals surface area contributed by atoms with E-state index in [0.717, 1.165) is 64.2 Å². The van der Waals surface area contributed by atoms with Gasteiger partial charge < -0.3 is 24.8 Å². The highest BCUT2D eigenvalue weighted by molar-refractivity contribution is 5.24. The fraction of sp³-hybridized carbons (Fsp3) is 1.00. The quantitative estimate of drug-likeness (QED) is 0.496. The lowest BCUT2D eigenvalue weighted by molar-refractivity contribution is -0.399. The van der Waals surface area contributed by atoms with E-state index in [2.05, 4.69) is 34.6 Å². The van der Waals surface area contributed by atoms with Gasteiger partial charge in [-0.2, -0.15) is 0 Å². The Labute approximate surface area is 212 Å².